The van der Waals surface area contributed by atoms with Crippen molar-refractivity contribution in [3.63, 3.8) is 0 Å². The van der Waals surface area contributed by atoms with Gasteiger partial charge in [0.25, 0.3) is 0 Å². The summed E-state index contributed by atoms with van der Waals surface area (Å²) in [6.07, 6.45) is 2.06. The lowest BCUT2D eigenvalue weighted by molar-refractivity contribution is 0.226. The van der Waals surface area contributed by atoms with Gasteiger partial charge in [-0.3, -0.25) is 4.98 Å². The number of hydrogen-bond acceptors (Lipinski definition) is 3. The zero-order valence-electron chi connectivity index (χ0n) is 14.3. The van der Waals surface area contributed by atoms with Crippen LogP contribution in [0.3, 0.4) is 0 Å². The summed E-state index contributed by atoms with van der Waals surface area (Å²) < 4.78 is 12.0. The molecule has 3 heteroatoms. The average molecular weight is 299 g/mol. The van der Waals surface area contributed by atoms with Crippen LogP contribution in [0, 0.1) is 13.8 Å². The molecule has 2 rings (SSSR count). The molecule has 0 saturated carbocycles. The number of aromatic nitrogens is 1. The van der Waals surface area contributed by atoms with Gasteiger partial charge in [-0.2, -0.15) is 0 Å². The van der Waals surface area contributed by atoms with Gasteiger partial charge in [-0.1, -0.05) is 0 Å². The predicted molar refractivity (Wildman–Crippen MR) is 90.7 cm³/mol. The van der Waals surface area contributed by atoms with Gasteiger partial charge in [0.1, 0.15) is 11.5 Å². The standard InChI is InChI=1S/C19H25NO2/c1-12(2)21-18-8-7-16(17-11-14(5)9-10-20-17)19(15(18)6)22-13(3)4/h7-13H,1-6H3. The van der Waals surface area contributed by atoms with Gasteiger partial charge in [-0.25, -0.2) is 0 Å². The molecular formula is C19H25NO2. The lowest BCUT2D eigenvalue weighted by Gasteiger charge is -2.20. The average Bonchev–Trinajstić information content (AvgIpc) is 2.42. The molecule has 0 radical (unpaired) electrons. The van der Waals surface area contributed by atoms with Crippen LogP contribution in [-0.4, -0.2) is 17.2 Å². The molecule has 0 atom stereocenters. The topological polar surface area (TPSA) is 31.4 Å². The molecule has 1 aromatic heterocycles. The molecule has 22 heavy (non-hydrogen) atoms. The quantitative estimate of drug-likeness (QED) is 0.783. The third kappa shape index (κ3) is 3.79. The number of benzene rings is 1. The van der Waals surface area contributed by atoms with Crippen LogP contribution < -0.4 is 9.47 Å². The van der Waals surface area contributed by atoms with E-state index in [4.69, 9.17) is 9.47 Å². The number of hydrogen-bond donors (Lipinski definition) is 0. The number of pyridine rings is 1. The fourth-order valence-corrected chi connectivity index (χ4v) is 2.33. The highest BCUT2D eigenvalue weighted by Crippen LogP contribution is 2.38. The Balaban J connectivity index is 2.55. The van der Waals surface area contributed by atoms with E-state index in [1.165, 1.54) is 5.56 Å². The Kier molecular flexibility index (Phi) is 5.07. The van der Waals surface area contributed by atoms with E-state index in [0.29, 0.717) is 0 Å². The molecule has 1 heterocycles. The minimum atomic E-state index is 0.0940. The molecule has 3 nitrogen and oxygen atoms in total. The lowest BCUT2D eigenvalue weighted by Crippen LogP contribution is -2.11. The fourth-order valence-electron chi connectivity index (χ4n) is 2.33. The first kappa shape index (κ1) is 16.3. The van der Waals surface area contributed by atoms with Crippen LogP contribution in [-0.2, 0) is 0 Å². The van der Waals surface area contributed by atoms with Crippen molar-refractivity contribution < 1.29 is 9.47 Å². The van der Waals surface area contributed by atoms with Crippen molar-refractivity contribution in [2.45, 2.75) is 53.8 Å². The molecule has 0 bridgehead atoms. The molecule has 118 valence electrons. The van der Waals surface area contributed by atoms with E-state index in [9.17, 15) is 0 Å². The zero-order valence-corrected chi connectivity index (χ0v) is 14.3. The second kappa shape index (κ2) is 6.82. The van der Waals surface area contributed by atoms with Crippen molar-refractivity contribution in [2.24, 2.45) is 0 Å². The van der Waals surface area contributed by atoms with Crippen molar-refractivity contribution in [3.05, 3.63) is 41.6 Å². The smallest absolute Gasteiger partial charge is 0.135 e. The molecule has 0 fully saturated rings. The molecule has 0 saturated heterocycles. The highest BCUT2D eigenvalue weighted by molar-refractivity contribution is 5.71. The Morgan fingerprint density at radius 1 is 0.909 bits per heavy atom. The molecule has 0 aliphatic heterocycles. The monoisotopic (exact) mass is 299 g/mol. The van der Waals surface area contributed by atoms with Crippen LogP contribution in [0.5, 0.6) is 11.5 Å². The Bertz CT molecular complexity index is 648. The Morgan fingerprint density at radius 3 is 2.18 bits per heavy atom. The molecule has 1 aromatic carbocycles. The first-order valence-corrected chi connectivity index (χ1v) is 7.78. The highest BCUT2D eigenvalue weighted by atomic mass is 16.5. The highest BCUT2D eigenvalue weighted by Gasteiger charge is 2.16. The van der Waals surface area contributed by atoms with E-state index in [0.717, 1.165) is 28.3 Å². The van der Waals surface area contributed by atoms with Gasteiger partial charge in [-0.15, -0.1) is 0 Å². The summed E-state index contributed by atoms with van der Waals surface area (Å²) >= 11 is 0. The summed E-state index contributed by atoms with van der Waals surface area (Å²) in [7, 11) is 0. The summed E-state index contributed by atoms with van der Waals surface area (Å²) in [6.45, 7) is 12.2. The third-order valence-electron chi connectivity index (χ3n) is 3.26. The second-order valence-electron chi connectivity index (χ2n) is 6.12. The Morgan fingerprint density at radius 2 is 1.59 bits per heavy atom. The summed E-state index contributed by atoms with van der Waals surface area (Å²) in [5, 5.41) is 0. The number of ether oxygens (including phenoxy) is 2. The zero-order chi connectivity index (χ0) is 16.3. The third-order valence-corrected chi connectivity index (χ3v) is 3.26. The molecule has 0 aliphatic rings. The van der Waals surface area contributed by atoms with Crippen molar-refractivity contribution >= 4 is 0 Å². The van der Waals surface area contributed by atoms with Crippen molar-refractivity contribution in [2.75, 3.05) is 0 Å². The van der Waals surface area contributed by atoms with Crippen LogP contribution in [0.15, 0.2) is 30.5 Å². The number of rotatable bonds is 5. The first-order chi connectivity index (χ1) is 10.4. The summed E-state index contributed by atoms with van der Waals surface area (Å²) in [4.78, 5) is 4.49. The van der Waals surface area contributed by atoms with Crippen LogP contribution in [0.2, 0.25) is 0 Å². The summed E-state index contributed by atoms with van der Waals surface area (Å²) in [5.74, 6) is 1.72. The van der Waals surface area contributed by atoms with E-state index < -0.39 is 0 Å². The maximum absolute atomic E-state index is 6.07. The Hall–Kier alpha value is -2.03. The molecule has 0 N–H and O–H groups in total. The molecule has 0 aliphatic carbocycles. The van der Waals surface area contributed by atoms with E-state index in [1.807, 2.05) is 59.0 Å². The van der Waals surface area contributed by atoms with Crippen LogP contribution in [0.4, 0.5) is 0 Å². The van der Waals surface area contributed by atoms with E-state index in [-0.39, 0.29) is 12.2 Å². The number of nitrogens with zero attached hydrogens (tertiary/aromatic N) is 1. The van der Waals surface area contributed by atoms with Crippen LogP contribution in [0.1, 0.15) is 38.8 Å². The van der Waals surface area contributed by atoms with Gasteiger partial charge in [0.2, 0.25) is 0 Å². The van der Waals surface area contributed by atoms with Crippen LogP contribution >= 0.6 is 0 Å². The summed E-state index contributed by atoms with van der Waals surface area (Å²) in [6, 6.07) is 8.10. The Labute approximate surface area is 133 Å². The minimum Gasteiger partial charge on any atom is -0.491 e. The lowest BCUT2D eigenvalue weighted by atomic mass is 10.0. The van der Waals surface area contributed by atoms with Crippen molar-refractivity contribution in [1.82, 2.24) is 4.98 Å². The van der Waals surface area contributed by atoms with Gasteiger partial charge in [0, 0.05) is 17.3 Å². The fraction of sp³-hybridized carbons (Fsp3) is 0.421. The number of aryl methyl sites for hydroxylation is 1. The van der Waals surface area contributed by atoms with Crippen LogP contribution in [0.25, 0.3) is 11.3 Å². The second-order valence-corrected chi connectivity index (χ2v) is 6.12. The summed E-state index contributed by atoms with van der Waals surface area (Å²) in [5.41, 5.74) is 4.13. The SMILES string of the molecule is Cc1ccnc(-c2ccc(OC(C)C)c(C)c2OC(C)C)c1. The normalized spacial score (nSPS) is 11.1. The van der Waals surface area contributed by atoms with Crippen molar-refractivity contribution in [3.8, 4) is 22.8 Å². The first-order valence-electron chi connectivity index (χ1n) is 7.78. The predicted octanol–water partition coefficient (Wildman–Crippen LogP) is 4.94. The van der Waals surface area contributed by atoms with E-state index >= 15 is 0 Å². The molecule has 0 unspecified atom stereocenters. The molecule has 2 aromatic rings. The van der Waals surface area contributed by atoms with Gasteiger partial charge >= 0.3 is 0 Å². The van der Waals surface area contributed by atoms with Gasteiger partial charge in [-0.05, 0) is 71.4 Å². The molecule has 0 amide bonds. The maximum atomic E-state index is 6.07. The van der Waals surface area contributed by atoms with E-state index in [1.54, 1.807) is 0 Å². The van der Waals surface area contributed by atoms with Gasteiger partial charge in [0.05, 0.1) is 17.9 Å². The molecular weight excluding hydrogens is 274 g/mol. The minimum absolute atomic E-state index is 0.0940. The van der Waals surface area contributed by atoms with Gasteiger partial charge in [0.15, 0.2) is 0 Å². The van der Waals surface area contributed by atoms with Gasteiger partial charge < -0.3 is 9.47 Å². The maximum Gasteiger partial charge on any atom is 0.135 e. The van der Waals surface area contributed by atoms with E-state index in [2.05, 4.69) is 18.0 Å². The molecule has 0 spiro atoms. The largest absolute Gasteiger partial charge is 0.491 e. The van der Waals surface area contributed by atoms with Crippen molar-refractivity contribution in [1.29, 1.82) is 0 Å².